The highest BCUT2D eigenvalue weighted by Crippen LogP contribution is 2.40. The zero-order chi connectivity index (χ0) is 22.4. The van der Waals surface area contributed by atoms with E-state index in [1.54, 1.807) is 25.1 Å². The summed E-state index contributed by atoms with van der Waals surface area (Å²) in [6, 6.07) is 6.33. The molecule has 1 aromatic carbocycles. The van der Waals surface area contributed by atoms with Crippen LogP contribution in [0.3, 0.4) is 0 Å². The molecule has 0 saturated heterocycles. The molecule has 0 fully saturated rings. The van der Waals surface area contributed by atoms with Gasteiger partial charge in [-0.3, -0.25) is 0 Å². The second-order valence-electron chi connectivity index (χ2n) is 7.07. The third-order valence-corrected chi connectivity index (χ3v) is 4.99. The van der Waals surface area contributed by atoms with Gasteiger partial charge in [0.2, 0.25) is 5.60 Å². The van der Waals surface area contributed by atoms with E-state index in [1.807, 2.05) is 0 Å². The second kappa shape index (κ2) is 7.34. The van der Waals surface area contributed by atoms with E-state index in [0.717, 1.165) is 6.20 Å². The quantitative estimate of drug-likeness (QED) is 0.479. The lowest BCUT2D eigenvalue weighted by atomic mass is 9.96. The molecule has 0 radical (unpaired) electrons. The van der Waals surface area contributed by atoms with Gasteiger partial charge in [-0.2, -0.15) is 13.2 Å². The van der Waals surface area contributed by atoms with E-state index in [1.165, 1.54) is 23.9 Å². The number of aryl methyl sites for hydroxylation is 1. The normalized spacial score (nSPS) is 14.1. The predicted octanol–water partition coefficient (Wildman–Crippen LogP) is 3.56. The summed E-state index contributed by atoms with van der Waals surface area (Å²) >= 11 is 0. The number of nitrogens with zero attached hydrogens (tertiary/aromatic N) is 4. The van der Waals surface area contributed by atoms with Crippen LogP contribution in [0.15, 0.2) is 50.4 Å². The van der Waals surface area contributed by atoms with Crippen molar-refractivity contribution in [2.24, 2.45) is 0 Å². The minimum Gasteiger partial charge on any atom is -0.449 e. The number of aromatic nitrogens is 4. The Labute approximate surface area is 172 Å². The van der Waals surface area contributed by atoms with Gasteiger partial charge in [0.25, 0.3) is 0 Å². The summed E-state index contributed by atoms with van der Waals surface area (Å²) in [7, 11) is 0. The van der Waals surface area contributed by atoms with Crippen LogP contribution >= 0.6 is 0 Å². The molecule has 4 rings (SSSR count). The molecule has 3 aromatic heterocycles. The molecule has 8 nitrogen and oxygen atoms in total. The Kier molecular flexibility index (Phi) is 4.92. The van der Waals surface area contributed by atoms with Crippen molar-refractivity contribution in [3.63, 3.8) is 0 Å². The van der Waals surface area contributed by atoms with E-state index in [0.29, 0.717) is 28.1 Å². The molecular weight excluding hydrogens is 417 g/mol. The van der Waals surface area contributed by atoms with Gasteiger partial charge in [-0.1, -0.05) is 24.3 Å². The molecule has 0 aliphatic rings. The fourth-order valence-corrected chi connectivity index (χ4v) is 3.28. The van der Waals surface area contributed by atoms with Crippen molar-refractivity contribution in [3.8, 4) is 11.3 Å². The van der Waals surface area contributed by atoms with Crippen LogP contribution in [0.5, 0.6) is 0 Å². The van der Waals surface area contributed by atoms with E-state index >= 15 is 0 Å². The molecule has 1 N–H and O–H groups in total. The lowest BCUT2D eigenvalue weighted by Crippen LogP contribution is -2.42. The summed E-state index contributed by atoms with van der Waals surface area (Å²) in [6.45, 7) is 2.95. The average molecular weight is 434 g/mol. The Hall–Kier alpha value is -3.47. The number of benzene rings is 1. The molecule has 0 amide bonds. The van der Waals surface area contributed by atoms with E-state index in [-0.39, 0.29) is 12.1 Å². The molecule has 162 valence electrons. The van der Waals surface area contributed by atoms with Crippen LogP contribution in [0.25, 0.3) is 22.2 Å². The molecule has 0 aliphatic carbocycles. The summed E-state index contributed by atoms with van der Waals surface area (Å²) < 4.78 is 51.4. The number of fused-ring (bicyclic) bond motifs is 1. The van der Waals surface area contributed by atoms with Crippen molar-refractivity contribution in [1.29, 1.82) is 0 Å². The molecule has 0 spiro atoms. The molecule has 31 heavy (non-hydrogen) atoms. The van der Waals surface area contributed by atoms with Crippen molar-refractivity contribution in [2.75, 3.05) is 0 Å². The SMILES string of the molecule is CCC(O)(c1cn(Cc2ccc3c(-c4coc(C)n4)cc(=O)oc3c2)nn1)C(F)(F)F. The first kappa shape index (κ1) is 20.8. The van der Waals surface area contributed by atoms with Gasteiger partial charge >= 0.3 is 11.8 Å². The average Bonchev–Trinajstić information content (AvgIpc) is 3.35. The minimum atomic E-state index is -4.88. The van der Waals surface area contributed by atoms with Crippen LogP contribution in [-0.2, 0) is 12.1 Å². The Morgan fingerprint density at radius 3 is 2.65 bits per heavy atom. The highest BCUT2D eigenvalue weighted by atomic mass is 19.4. The van der Waals surface area contributed by atoms with Gasteiger partial charge in [0.15, 0.2) is 5.89 Å². The van der Waals surface area contributed by atoms with Crippen LogP contribution in [0.2, 0.25) is 0 Å². The molecule has 0 bridgehead atoms. The van der Waals surface area contributed by atoms with Crippen molar-refractivity contribution in [3.05, 3.63) is 64.3 Å². The van der Waals surface area contributed by atoms with E-state index in [4.69, 9.17) is 8.83 Å². The van der Waals surface area contributed by atoms with Gasteiger partial charge < -0.3 is 13.9 Å². The van der Waals surface area contributed by atoms with Crippen LogP contribution in [0.1, 0.15) is 30.5 Å². The maximum absolute atomic E-state index is 13.2. The van der Waals surface area contributed by atoms with E-state index < -0.39 is 29.5 Å². The number of aliphatic hydroxyl groups is 1. The summed E-state index contributed by atoms with van der Waals surface area (Å²) in [4.78, 5) is 16.2. The zero-order valence-corrected chi connectivity index (χ0v) is 16.5. The molecule has 1 atom stereocenters. The van der Waals surface area contributed by atoms with E-state index in [2.05, 4.69) is 15.3 Å². The van der Waals surface area contributed by atoms with Gasteiger partial charge in [-0.15, -0.1) is 5.10 Å². The number of halogens is 3. The summed E-state index contributed by atoms with van der Waals surface area (Å²) in [5.41, 5.74) is -2.34. The molecule has 0 saturated carbocycles. The summed E-state index contributed by atoms with van der Waals surface area (Å²) in [5.74, 6) is 0.445. The van der Waals surface area contributed by atoms with Crippen molar-refractivity contribution in [2.45, 2.75) is 38.6 Å². The van der Waals surface area contributed by atoms with E-state index in [9.17, 15) is 23.1 Å². The maximum atomic E-state index is 13.2. The predicted molar refractivity (Wildman–Crippen MR) is 102 cm³/mol. The first-order valence-corrected chi connectivity index (χ1v) is 9.29. The Bertz CT molecular complexity index is 1310. The van der Waals surface area contributed by atoms with Crippen LogP contribution < -0.4 is 5.63 Å². The smallest absolute Gasteiger partial charge is 0.423 e. The van der Waals surface area contributed by atoms with Crippen molar-refractivity contribution in [1.82, 2.24) is 20.0 Å². The number of rotatable bonds is 5. The van der Waals surface area contributed by atoms with Gasteiger partial charge in [-0.25, -0.2) is 14.5 Å². The fourth-order valence-electron chi connectivity index (χ4n) is 3.28. The minimum absolute atomic E-state index is 0.0532. The van der Waals surface area contributed by atoms with Crippen LogP contribution in [-0.4, -0.2) is 31.3 Å². The number of alkyl halides is 3. The topological polar surface area (TPSA) is 107 Å². The highest BCUT2D eigenvalue weighted by Gasteiger charge is 2.55. The highest BCUT2D eigenvalue weighted by molar-refractivity contribution is 5.92. The first-order chi connectivity index (χ1) is 14.6. The Morgan fingerprint density at radius 1 is 1.23 bits per heavy atom. The second-order valence-corrected chi connectivity index (χ2v) is 7.07. The van der Waals surface area contributed by atoms with Crippen LogP contribution in [0.4, 0.5) is 13.2 Å². The van der Waals surface area contributed by atoms with Crippen molar-refractivity contribution < 1.29 is 27.1 Å². The van der Waals surface area contributed by atoms with Crippen molar-refractivity contribution >= 4 is 11.0 Å². The van der Waals surface area contributed by atoms with Crippen LogP contribution in [0, 0.1) is 6.92 Å². The maximum Gasteiger partial charge on any atom is 0.423 e. The first-order valence-electron chi connectivity index (χ1n) is 9.29. The number of oxazole rings is 1. The largest absolute Gasteiger partial charge is 0.449 e. The standard InChI is InChI=1S/C20H17F3N4O4/c1-3-19(29,20(21,22)23)17-9-27(26-25-17)8-12-4-5-13-14(15-10-30-11(2)24-15)7-18(28)31-16(13)6-12/h4-7,9-10,29H,3,8H2,1-2H3. The van der Waals surface area contributed by atoms with Gasteiger partial charge in [0.05, 0.1) is 12.7 Å². The van der Waals surface area contributed by atoms with Gasteiger partial charge in [0, 0.05) is 23.9 Å². The zero-order valence-electron chi connectivity index (χ0n) is 16.5. The molecule has 3 heterocycles. The summed E-state index contributed by atoms with van der Waals surface area (Å²) in [5, 5.41) is 17.8. The molecular formula is C20H17F3N4O4. The number of hydrogen-bond acceptors (Lipinski definition) is 7. The van der Waals surface area contributed by atoms with Gasteiger partial charge in [0.1, 0.15) is 23.2 Å². The molecule has 4 aromatic rings. The third-order valence-electron chi connectivity index (χ3n) is 4.99. The summed E-state index contributed by atoms with van der Waals surface area (Å²) in [6.07, 6.45) is -3.00. The third kappa shape index (κ3) is 3.72. The Morgan fingerprint density at radius 2 is 2.00 bits per heavy atom. The monoisotopic (exact) mass is 434 g/mol. The number of hydrogen-bond donors (Lipinski definition) is 1. The van der Waals surface area contributed by atoms with Gasteiger partial charge in [-0.05, 0) is 18.1 Å². The molecule has 0 aliphatic heterocycles. The Balaban J connectivity index is 1.68. The molecule has 11 heteroatoms. The lowest BCUT2D eigenvalue weighted by Gasteiger charge is -2.26. The molecule has 1 unspecified atom stereocenters. The fraction of sp³-hybridized carbons (Fsp3) is 0.300. The lowest BCUT2D eigenvalue weighted by molar-refractivity contribution is -0.269.